The molecule has 0 bridgehead atoms. The van der Waals surface area contributed by atoms with Gasteiger partial charge in [-0.1, -0.05) is 18.2 Å². The molecule has 0 saturated carbocycles. The number of benzene rings is 1. The Balaban J connectivity index is 1.55. The Morgan fingerprint density at radius 2 is 0.917 bits per heavy atom. The summed E-state index contributed by atoms with van der Waals surface area (Å²) < 4.78 is 15.6. The molecule has 24 heavy (non-hydrogen) atoms. The Morgan fingerprint density at radius 3 is 1.12 bits per heavy atom. The highest BCUT2D eigenvalue weighted by molar-refractivity contribution is 5.34. The van der Waals surface area contributed by atoms with Gasteiger partial charge in [0.15, 0.2) is 0 Å². The lowest BCUT2D eigenvalue weighted by atomic mass is 9.92. The molecule has 0 amide bonds. The van der Waals surface area contributed by atoms with E-state index >= 15 is 0 Å². The molecule has 6 unspecified atom stereocenters. The van der Waals surface area contributed by atoms with Crippen LogP contribution >= 0.6 is 0 Å². The molecule has 1 aromatic carbocycles. The van der Waals surface area contributed by atoms with Crippen LogP contribution in [-0.4, -0.2) is 53.5 Å². The van der Waals surface area contributed by atoms with Crippen molar-refractivity contribution in [2.24, 2.45) is 0 Å². The van der Waals surface area contributed by atoms with Crippen LogP contribution < -0.4 is 0 Å². The Morgan fingerprint density at radius 1 is 0.667 bits per heavy atom. The first kappa shape index (κ1) is 16.4. The summed E-state index contributed by atoms with van der Waals surface area (Å²) in [5, 5.41) is 31.3. The van der Waals surface area contributed by atoms with Gasteiger partial charge in [-0.3, -0.25) is 0 Å². The molecule has 4 rings (SSSR count). The lowest BCUT2D eigenvalue weighted by molar-refractivity contribution is 0.142. The number of aliphatic hydroxyl groups excluding tert-OH is 3. The van der Waals surface area contributed by atoms with Crippen LogP contribution in [0.5, 0.6) is 0 Å². The molecule has 0 aromatic heterocycles. The SMILES string of the molecule is OC(CC1CO1)c1cc(C(O)CC2CO2)cc(C(O)CC2CO2)c1. The first-order chi connectivity index (χ1) is 11.6. The van der Waals surface area contributed by atoms with E-state index in [1.165, 1.54) is 0 Å². The fourth-order valence-corrected chi connectivity index (χ4v) is 3.05. The molecule has 3 fully saturated rings. The van der Waals surface area contributed by atoms with Crippen LogP contribution in [0.2, 0.25) is 0 Å². The van der Waals surface area contributed by atoms with Gasteiger partial charge in [0, 0.05) is 19.3 Å². The second-order valence-electron chi connectivity index (χ2n) is 7.05. The molecule has 0 aliphatic carbocycles. The van der Waals surface area contributed by atoms with E-state index in [1.54, 1.807) is 0 Å². The van der Waals surface area contributed by atoms with Gasteiger partial charge in [0.2, 0.25) is 0 Å². The number of hydrogen-bond donors (Lipinski definition) is 3. The minimum atomic E-state index is -0.662. The highest BCUT2D eigenvalue weighted by Gasteiger charge is 2.31. The summed E-state index contributed by atoms with van der Waals surface area (Å²) in [6, 6.07) is 5.47. The first-order valence-corrected chi connectivity index (χ1v) is 8.62. The molecule has 0 radical (unpaired) electrons. The molecule has 6 atom stereocenters. The monoisotopic (exact) mass is 336 g/mol. The Bertz CT molecular complexity index is 486. The van der Waals surface area contributed by atoms with Crippen LogP contribution in [0.15, 0.2) is 18.2 Å². The fourth-order valence-electron chi connectivity index (χ4n) is 3.05. The molecule has 6 nitrogen and oxygen atoms in total. The quantitative estimate of drug-likeness (QED) is 0.585. The molecule has 1 aromatic rings. The number of hydrogen-bond acceptors (Lipinski definition) is 6. The normalized spacial score (nSPS) is 31.4. The van der Waals surface area contributed by atoms with Gasteiger partial charge in [-0.25, -0.2) is 0 Å². The van der Waals surface area contributed by atoms with E-state index in [1.807, 2.05) is 18.2 Å². The van der Waals surface area contributed by atoms with Crippen LogP contribution in [0.25, 0.3) is 0 Å². The summed E-state index contributed by atoms with van der Waals surface area (Å²) >= 11 is 0. The standard InChI is InChI=1S/C18H24O6/c19-16(4-13-7-22-13)10-1-11(17(20)5-14-8-23-14)3-12(2-10)18(21)6-15-9-24-15/h1-3,13-21H,4-9H2. The zero-order chi connectivity index (χ0) is 16.7. The summed E-state index contributed by atoms with van der Waals surface area (Å²) in [7, 11) is 0. The van der Waals surface area contributed by atoms with E-state index < -0.39 is 18.3 Å². The van der Waals surface area contributed by atoms with E-state index in [9.17, 15) is 15.3 Å². The molecular weight excluding hydrogens is 312 g/mol. The summed E-state index contributed by atoms with van der Waals surface area (Å²) in [5.74, 6) is 0. The number of epoxide rings is 3. The molecule has 3 N–H and O–H groups in total. The summed E-state index contributed by atoms with van der Waals surface area (Å²) in [6.07, 6.45) is -0.0454. The van der Waals surface area contributed by atoms with Gasteiger partial charge >= 0.3 is 0 Å². The Kier molecular flexibility index (Phi) is 4.60. The average Bonchev–Trinajstić information content (AvgIpc) is 3.39. The predicted octanol–water partition coefficient (Wildman–Crippen LogP) is 1.15. The van der Waals surface area contributed by atoms with Crippen molar-refractivity contribution < 1.29 is 29.5 Å². The minimum absolute atomic E-state index is 0.113. The molecule has 0 spiro atoms. The van der Waals surface area contributed by atoms with Crippen molar-refractivity contribution in [2.45, 2.75) is 55.9 Å². The Labute approximate surface area is 141 Å². The molecule has 132 valence electrons. The minimum Gasteiger partial charge on any atom is -0.388 e. The van der Waals surface area contributed by atoms with Crippen molar-refractivity contribution in [1.82, 2.24) is 0 Å². The zero-order valence-electron chi connectivity index (χ0n) is 13.5. The third-order valence-electron chi connectivity index (χ3n) is 4.82. The van der Waals surface area contributed by atoms with Crippen LogP contribution in [-0.2, 0) is 14.2 Å². The summed E-state index contributed by atoms with van der Waals surface area (Å²) in [4.78, 5) is 0. The maximum atomic E-state index is 10.4. The van der Waals surface area contributed by atoms with Crippen LogP contribution in [0.3, 0.4) is 0 Å². The van der Waals surface area contributed by atoms with Gasteiger partial charge in [0.05, 0.1) is 56.4 Å². The van der Waals surface area contributed by atoms with E-state index in [-0.39, 0.29) is 18.3 Å². The van der Waals surface area contributed by atoms with E-state index in [0.717, 1.165) is 0 Å². The largest absolute Gasteiger partial charge is 0.388 e. The van der Waals surface area contributed by atoms with Gasteiger partial charge in [0.25, 0.3) is 0 Å². The van der Waals surface area contributed by atoms with Crippen molar-refractivity contribution in [2.75, 3.05) is 19.8 Å². The van der Waals surface area contributed by atoms with Crippen molar-refractivity contribution >= 4 is 0 Å². The molecule has 6 heteroatoms. The molecular formula is C18H24O6. The van der Waals surface area contributed by atoms with Gasteiger partial charge in [-0.15, -0.1) is 0 Å². The van der Waals surface area contributed by atoms with E-state index in [2.05, 4.69) is 0 Å². The molecule has 3 heterocycles. The maximum Gasteiger partial charge on any atom is 0.0837 e. The van der Waals surface area contributed by atoms with E-state index in [0.29, 0.717) is 55.8 Å². The summed E-state index contributed by atoms with van der Waals surface area (Å²) in [5.41, 5.74) is 2.14. The third-order valence-corrected chi connectivity index (χ3v) is 4.82. The van der Waals surface area contributed by atoms with Gasteiger partial charge < -0.3 is 29.5 Å². The second-order valence-corrected chi connectivity index (χ2v) is 7.05. The lowest BCUT2D eigenvalue weighted by Gasteiger charge is -2.19. The molecule has 3 saturated heterocycles. The lowest BCUT2D eigenvalue weighted by Crippen LogP contribution is -2.09. The van der Waals surface area contributed by atoms with Crippen molar-refractivity contribution in [3.8, 4) is 0 Å². The van der Waals surface area contributed by atoms with Crippen molar-refractivity contribution in [1.29, 1.82) is 0 Å². The Hall–Kier alpha value is -1.02. The summed E-state index contributed by atoms with van der Waals surface area (Å²) in [6.45, 7) is 2.06. The predicted molar refractivity (Wildman–Crippen MR) is 84.4 cm³/mol. The van der Waals surface area contributed by atoms with Gasteiger partial charge in [-0.2, -0.15) is 0 Å². The fraction of sp³-hybridized carbons (Fsp3) is 0.667. The smallest absolute Gasteiger partial charge is 0.0837 e. The van der Waals surface area contributed by atoms with Crippen LogP contribution in [0.1, 0.15) is 54.3 Å². The zero-order valence-corrected chi connectivity index (χ0v) is 13.5. The topological polar surface area (TPSA) is 98.3 Å². The van der Waals surface area contributed by atoms with Crippen molar-refractivity contribution in [3.05, 3.63) is 34.9 Å². The van der Waals surface area contributed by atoms with E-state index in [4.69, 9.17) is 14.2 Å². The van der Waals surface area contributed by atoms with Gasteiger partial charge in [-0.05, 0) is 16.7 Å². The number of ether oxygens (including phenoxy) is 3. The third kappa shape index (κ3) is 4.33. The highest BCUT2D eigenvalue weighted by Crippen LogP contribution is 2.34. The molecule has 3 aliphatic heterocycles. The maximum absolute atomic E-state index is 10.4. The van der Waals surface area contributed by atoms with Crippen LogP contribution in [0, 0.1) is 0 Å². The first-order valence-electron chi connectivity index (χ1n) is 8.62. The average molecular weight is 336 g/mol. The highest BCUT2D eigenvalue weighted by atomic mass is 16.6. The second kappa shape index (κ2) is 6.71. The van der Waals surface area contributed by atoms with Crippen LogP contribution in [0.4, 0.5) is 0 Å². The van der Waals surface area contributed by atoms with Crippen molar-refractivity contribution in [3.63, 3.8) is 0 Å². The number of aliphatic hydroxyl groups is 3. The van der Waals surface area contributed by atoms with Gasteiger partial charge in [0.1, 0.15) is 0 Å². The molecule has 3 aliphatic rings. The number of rotatable bonds is 9.